The standard InChI is InChI=1S/C18H18ClN3O3/c1-10-7-14(16(25-2)8-11(10)19)21-17(23)9-15-18(24)22-13-6-4-3-5-12(13)20-15/h3-8,15,20H,9H2,1-2H3,(H,21,23)(H,22,24)/t15-/m0/s1. The van der Waals surface area contributed by atoms with Crippen LogP contribution in [-0.4, -0.2) is 25.0 Å². The number of aryl methyl sites for hydroxylation is 1. The smallest absolute Gasteiger partial charge is 0.247 e. The van der Waals surface area contributed by atoms with Gasteiger partial charge in [0.05, 0.1) is 30.6 Å². The van der Waals surface area contributed by atoms with Crippen molar-refractivity contribution >= 4 is 40.5 Å². The maximum atomic E-state index is 12.4. The molecule has 6 nitrogen and oxygen atoms in total. The number of benzene rings is 2. The molecule has 0 spiro atoms. The predicted molar refractivity (Wildman–Crippen MR) is 98.5 cm³/mol. The van der Waals surface area contributed by atoms with Crippen molar-refractivity contribution < 1.29 is 14.3 Å². The number of methoxy groups -OCH3 is 1. The van der Waals surface area contributed by atoms with Gasteiger partial charge < -0.3 is 20.7 Å². The monoisotopic (exact) mass is 359 g/mol. The van der Waals surface area contributed by atoms with Crippen molar-refractivity contribution in [2.75, 3.05) is 23.1 Å². The van der Waals surface area contributed by atoms with E-state index in [1.807, 2.05) is 25.1 Å². The van der Waals surface area contributed by atoms with Crippen LogP contribution in [0.5, 0.6) is 5.75 Å². The number of carbonyl (C=O) groups excluding carboxylic acids is 2. The van der Waals surface area contributed by atoms with Gasteiger partial charge in [0, 0.05) is 11.1 Å². The number of hydrogen-bond acceptors (Lipinski definition) is 4. The zero-order chi connectivity index (χ0) is 18.0. The predicted octanol–water partition coefficient (Wildman–Crippen LogP) is 3.42. The Morgan fingerprint density at radius 1 is 1.28 bits per heavy atom. The first-order chi connectivity index (χ1) is 12.0. The van der Waals surface area contributed by atoms with Crippen molar-refractivity contribution in [3.8, 4) is 5.75 Å². The molecular formula is C18H18ClN3O3. The van der Waals surface area contributed by atoms with E-state index in [1.54, 1.807) is 18.2 Å². The molecule has 3 N–H and O–H groups in total. The van der Waals surface area contributed by atoms with Crippen LogP contribution < -0.4 is 20.7 Å². The highest BCUT2D eigenvalue weighted by molar-refractivity contribution is 6.31. The molecule has 3 rings (SSSR count). The summed E-state index contributed by atoms with van der Waals surface area (Å²) in [5.74, 6) is -0.0736. The van der Waals surface area contributed by atoms with E-state index in [0.29, 0.717) is 22.1 Å². The molecule has 0 fully saturated rings. The maximum absolute atomic E-state index is 12.4. The van der Waals surface area contributed by atoms with Gasteiger partial charge in [-0.15, -0.1) is 0 Å². The fourth-order valence-corrected chi connectivity index (χ4v) is 2.80. The van der Waals surface area contributed by atoms with Crippen LogP contribution in [0.2, 0.25) is 5.02 Å². The lowest BCUT2D eigenvalue weighted by molar-refractivity contribution is -0.122. The minimum atomic E-state index is -0.644. The zero-order valence-corrected chi connectivity index (χ0v) is 14.6. The first-order valence-corrected chi connectivity index (χ1v) is 8.16. The average molecular weight is 360 g/mol. The van der Waals surface area contributed by atoms with Gasteiger partial charge in [0.15, 0.2) is 0 Å². The minimum absolute atomic E-state index is 0.00893. The van der Waals surface area contributed by atoms with E-state index in [1.165, 1.54) is 7.11 Å². The number of carbonyl (C=O) groups is 2. The first kappa shape index (κ1) is 17.1. The van der Waals surface area contributed by atoms with Crippen LogP contribution in [0, 0.1) is 6.92 Å². The Hall–Kier alpha value is -2.73. The number of ether oxygens (including phenoxy) is 1. The lowest BCUT2D eigenvalue weighted by Gasteiger charge is -2.26. The van der Waals surface area contributed by atoms with E-state index in [2.05, 4.69) is 16.0 Å². The van der Waals surface area contributed by atoms with E-state index in [0.717, 1.165) is 11.3 Å². The van der Waals surface area contributed by atoms with Gasteiger partial charge in [0.2, 0.25) is 11.8 Å². The summed E-state index contributed by atoms with van der Waals surface area (Å²) in [7, 11) is 1.50. The number of para-hydroxylation sites is 2. The molecule has 0 saturated carbocycles. The van der Waals surface area contributed by atoms with Crippen LogP contribution in [0.4, 0.5) is 17.1 Å². The molecule has 2 aromatic carbocycles. The van der Waals surface area contributed by atoms with Crippen LogP contribution in [-0.2, 0) is 9.59 Å². The van der Waals surface area contributed by atoms with Crippen molar-refractivity contribution in [3.05, 3.63) is 47.0 Å². The Bertz CT molecular complexity index is 838. The number of amides is 2. The van der Waals surface area contributed by atoms with Gasteiger partial charge in [0.25, 0.3) is 0 Å². The molecule has 0 radical (unpaired) electrons. The fourth-order valence-electron chi connectivity index (χ4n) is 2.65. The lowest BCUT2D eigenvalue weighted by atomic mass is 10.1. The minimum Gasteiger partial charge on any atom is -0.495 e. The van der Waals surface area contributed by atoms with E-state index >= 15 is 0 Å². The molecule has 1 aliphatic heterocycles. The quantitative estimate of drug-likeness (QED) is 0.781. The van der Waals surface area contributed by atoms with Crippen molar-refractivity contribution in [3.63, 3.8) is 0 Å². The second-order valence-electron chi connectivity index (χ2n) is 5.79. The molecule has 1 heterocycles. The zero-order valence-electron chi connectivity index (χ0n) is 13.9. The number of rotatable bonds is 4. The summed E-state index contributed by atoms with van der Waals surface area (Å²) in [5, 5.41) is 9.22. The summed E-state index contributed by atoms with van der Waals surface area (Å²) in [6.45, 7) is 1.84. The summed E-state index contributed by atoms with van der Waals surface area (Å²) >= 11 is 6.07. The van der Waals surface area contributed by atoms with E-state index < -0.39 is 6.04 Å². The summed E-state index contributed by atoms with van der Waals surface area (Å²) in [6, 6.07) is 10.1. The summed E-state index contributed by atoms with van der Waals surface area (Å²) in [5.41, 5.74) is 2.84. The number of halogens is 1. The van der Waals surface area contributed by atoms with Gasteiger partial charge >= 0.3 is 0 Å². The molecular weight excluding hydrogens is 342 g/mol. The Kier molecular flexibility index (Phi) is 4.81. The van der Waals surface area contributed by atoms with Crippen LogP contribution in [0.25, 0.3) is 0 Å². The molecule has 0 aliphatic carbocycles. The van der Waals surface area contributed by atoms with E-state index in [-0.39, 0.29) is 18.2 Å². The summed E-state index contributed by atoms with van der Waals surface area (Å²) in [4.78, 5) is 24.6. The largest absolute Gasteiger partial charge is 0.495 e. The number of fused-ring (bicyclic) bond motifs is 1. The van der Waals surface area contributed by atoms with Crippen LogP contribution in [0.15, 0.2) is 36.4 Å². The average Bonchev–Trinajstić information content (AvgIpc) is 2.58. The normalized spacial score (nSPS) is 15.6. The molecule has 2 aromatic rings. The van der Waals surface area contributed by atoms with Crippen LogP contribution in [0.1, 0.15) is 12.0 Å². The van der Waals surface area contributed by atoms with Gasteiger partial charge in [-0.3, -0.25) is 9.59 Å². The Labute approximate surface area is 150 Å². The third-order valence-electron chi connectivity index (χ3n) is 3.98. The highest BCUT2D eigenvalue weighted by Crippen LogP contribution is 2.31. The molecule has 130 valence electrons. The van der Waals surface area contributed by atoms with Gasteiger partial charge in [-0.25, -0.2) is 0 Å². The highest BCUT2D eigenvalue weighted by atomic mass is 35.5. The Morgan fingerprint density at radius 3 is 2.72 bits per heavy atom. The SMILES string of the molecule is COc1cc(Cl)c(C)cc1NC(=O)C[C@@H]1Nc2ccccc2NC1=O. The van der Waals surface area contributed by atoms with E-state index in [9.17, 15) is 9.59 Å². The second-order valence-corrected chi connectivity index (χ2v) is 6.19. The molecule has 25 heavy (non-hydrogen) atoms. The molecule has 0 bridgehead atoms. The lowest BCUT2D eigenvalue weighted by Crippen LogP contribution is -2.41. The van der Waals surface area contributed by atoms with E-state index in [4.69, 9.17) is 16.3 Å². The number of anilines is 3. The first-order valence-electron chi connectivity index (χ1n) is 7.78. The van der Waals surface area contributed by atoms with Crippen molar-refractivity contribution in [1.82, 2.24) is 0 Å². The topological polar surface area (TPSA) is 79.5 Å². The molecule has 1 aliphatic rings. The highest BCUT2D eigenvalue weighted by Gasteiger charge is 2.27. The van der Waals surface area contributed by atoms with Gasteiger partial charge in [-0.1, -0.05) is 23.7 Å². The van der Waals surface area contributed by atoms with Crippen molar-refractivity contribution in [2.24, 2.45) is 0 Å². The third kappa shape index (κ3) is 3.69. The van der Waals surface area contributed by atoms with Crippen LogP contribution >= 0.6 is 11.6 Å². The number of nitrogens with one attached hydrogen (secondary N) is 3. The second kappa shape index (κ2) is 7.03. The molecule has 2 amide bonds. The number of hydrogen-bond donors (Lipinski definition) is 3. The molecule has 0 saturated heterocycles. The Morgan fingerprint density at radius 2 is 2.00 bits per heavy atom. The maximum Gasteiger partial charge on any atom is 0.247 e. The van der Waals surface area contributed by atoms with Gasteiger partial charge in [-0.05, 0) is 30.7 Å². The van der Waals surface area contributed by atoms with Crippen LogP contribution in [0.3, 0.4) is 0 Å². The van der Waals surface area contributed by atoms with Crippen molar-refractivity contribution in [1.29, 1.82) is 0 Å². The molecule has 0 unspecified atom stereocenters. The summed E-state index contributed by atoms with van der Waals surface area (Å²) < 4.78 is 5.25. The van der Waals surface area contributed by atoms with Crippen molar-refractivity contribution in [2.45, 2.75) is 19.4 Å². The molecule has 0 aromatic heterocycles. The molecule has 7 heteroatoms. The van der Waals surface area contributed by atoms with Gasteiger partial charge in [0.1, 0.15) is 11.8 Å². The summed E-state index contributed by atoms with van der Waals surface area (Å²) in [6.07, 6.45) is -0.00893. The molecule has 1 atom stereocenters. The van der Waals surface area contributed by atoms with Gasteiger partial charge in [-0.2, -0.15) is 0 Å². The third-order valence-corrected chi connectivity index (χ3v) is 4.38. The Balaban J connectivity index is 1.71. The fraction of sp³-hybridized carbons (Fsp3) is 0.222.